The molecule has 0 saturated heterocycles. The quantitative estimate of drug-likeness (QED) is 0.232. The van der Waals surface area contributed by atoms with Crippen LogP contribution in [0.4, 0.5) is 17.1 Å². The van der Waals surface area contributed by atoms with E-state index in [-0.39, 0.29) is 5.41 Å². The number of hydrogen-bond acceptors (Lipinski definition) is 2. The first-order valence-corrected chi connectivity index (χ1v) is 13.8. The Bertz CT molecular complexity index is 1970. The number of anilines is 3. The van der Waals surface area contributed by atoms with Gasteiger partial charge < -0.3 is 13.9 Å². The van der Waals surface area contributed by atoms with Crippen LogP contribution in [-0.4, -0.2) is 4.57 Å². The van der Waals surface area contributed by atoms with Crippen molar-refractivity contribution in [3.63, 3.8) is 0 Å². The van der Waals surface area contributed by atoms with Crippen LogP contribution < -0.4 is 4.90 Å². The summed E-state index contributed by atoms with van der Waals surface area (Å²) < 4.78 is 8.42. The maximum absolute atomic E-state index is 6.04. The fourth-order valence-corrected chi connectivity index (χ4v) is 6.48. The molecule has 0 N–H and O–H groups in total. The van der Waals surface area contributed by atoms with Gasteiger partial charge in [0, 0.05) is 33.9 Å². The van der Waals surface area contributed by atoms with E-state index >= 15 is 0 Å². The van der Waals surface area contributed by atoms with E-state index in [4.69, 9.17) is 4.42 Å². The maximum atomic E-state index is 6.04. The van der Waals surface area contributed by atoms with Crippen LogP contribution in [-0.2, 0) is 5.41 Å². The maximum Gasteiger partial charge on any atom is 0.137 e. The van der Waals surface area contributed by atoms with Gasteiger partial charge in [0.2, 0.25) is 0 Å². The average molecular weight is 517 g/mol. The van der Waals surface area contributed by atoms with E-state index in [2.05, 4.69) is 151 Å². The van der Waals surface area contributed by atoms with Crippen molar-refractivity contribution in [1.29, 1.82) is 0 Å². The third kappa shape index (κ3) is 3.24. The molecule has 7 aromatic rings. The third-order valence-corrected chi connectivity index (χ3v) is 8.40. The Kier molecular flexibility index (Phi) is 4.86. The zero-order valence-electron chi connectivity index (χ0n) is 22.5. The van der Waals surface area contributed by atoms with Crippen LogP contribution in [0.25, 0.3) is 38.6 Å². The van der Waals surface area contributed by atoms with Gasteiger partial charge >= 0.3 is 0 Å². The number of para-hydroxylation sites is 3. The Morgan fingerprint density at radius 1 is 0.600 bits per heavy atom. The fraction of sp³-hybridized carbons (Fsp3) is 0.0811. The number of benzene rings is 5. The minimum absolute atomic E-state index is 0.190. The Morgan fingerprint density at radius 3 is 1.95 bits per heavy atom. The first kappa shape index (κ1) is 22.9. The van der Waals surface area contributed by atoms with Crippen LogP contribution in [0.3, 0.4) is 0 Å². The first-order valence-electron chi connectivity index (χ1n) is 13.8. The smallest absolute Gasteiger partial charge is 0.137 e. The monoisotopic (exact) mass is 516 g/mol. The van der Waals surface area contributed by atoms with E-state index in [1.54, 1.807) is 0 Å². The van der Waals surface area contributed by atoms with Gasteiger partial charge in [-0.2, -0.15) is 0 Å². The van der Waals surface area contributed by atoms with Crippen molar-refractivity contribution in [2.75, 3.05) is 4.90 Å². The summed E-state index contributed by atoms with van der Waals surface area (Å²) in [7, 11) is 0. The average Bonchev–Trinajstić information content (AvgIpc) is 3.62. The molecule has 0 bridgehead atoms. The van der Waals surface area contributed by atoms with Gasteiger partial charge in [0.05, 0.1) is 28.4 Å². The molecule has 3 heteroatoms. The first-order chi connectivity index (χ1) is 19.6. The highest BCUT2D eigenvalue weighted by molar-refractivity contribution is 6.12. The zero-order valence-corrected chi connectivity index (χ0v) is 22.5. The lowest BCUT2D eigenvalue weighted by atomic mass is 9.79. The molecular formula is C37H28N2O. The Labute approximate surface area is 233 Å². The number of aromatic nitrogens is 1. The highest BCUT2D eigenvalue weighted by Gasteiger charge is 2.37. The second kappa shape index (κ2) is 8.49. The minimum Gasteiger partial charge on any atom is -0.466 e. The van der Waals surface area contributed by atoms with Gasteiger partial charge in [-0.15, -0.1) is 0 Å². The summed E-state index contributed by atoms with van der Waals surface area (Å²) in [4.78, 5) is 2.29. The lowest BCUT2D eigenvalue weighted by molar-refractivity contribution is 0.425. The highest BCUT2D eigenvalue weighted by atomic mass is 16.3. The normalized spacial score (nSPS) is 13.4. The van der Waals surface area contributed by atoms with Gasteiger partial charge in [0.1, 0.15) is 5.76 Å². The number of nitrogens with zero attached hydrogens (tertiary/aromatic N) is 2. The molecule has 1 aliphatic heterocycles. The molecule has 5 aromatic carbocycles. The molecule has 1 aliphatic rings. The Morgan fingerprint density at radius 2 is 1.25 bits per heavy atom. The summed E-state index contributed by atoms with van der Waals surface area (Å²) in [6.07, 6.45) is 1.82. The molecule has 3 nitrogen and oxygen atoms in total. The van der Waals surface area contributed by atoms with E-state index in [0.29, 0.717) is 0 Å². The summed E-state index contributed by atoms with van der Waals surface area (Å²) in [5.74, 6) is 1.02. The lowest BCUT2D eigenvalue weighted by Gasteiger charge is -2.30. The minimum atomic E-state index is -0.190. The van der Waals surface area contributed by atoms with Gasteiger partial charge in [-0.1, -0.05) is 72.8 Å². The second-order valence-corrected chi connectivity index (χ2v) is 11.1. The predicted molar refractivity (Wildman–Crippen MR) is 165 cm³/mol. The molecule has 2 aromatic heterocycles. The summed E-state index contributed by atoms with van der Waals surface area (Å²) >= 11 is 0. The lowest BCUT2D eigenvalue weighted by Crippen LogP contribution is -2.24. The predicted octanol–water partition coefficient (Wildman–Crippen LogP) is 10.2. The van der Waals surface area contributed by atoms with Gasteiger partial charge in [-0.25, -0.2) is 0 Å². The van der Waals surface area contributed by atoms with Crippen molar-refractivity contribution in [3.8, 4) is 16.8 Å². The molecular weight excluding hydrogens is 488 g/mol. The summed E-state index contributed by atoms with van der Waals surface area (Å²) in [6, 6.07) is 45.6. The largest absolute Gasteiger partial charge is 0.466 e. The molecule has 0 unspecified atom stereocenters. The van der Waals surface area contributed by atoms with Crippen LogP contribution >= 0.6 is 0 Å². The number of fused-ring (bicyclic) bond motifs is 5. The van der Waals surface area contributed by atoms with E-state index < -0.39 is 0 Å². The molecule has 40 heavy (non-hydrogen) atoms. The van der Waals surface area contributed by atoms with Gasteiger partial charge in [0.25, 0.3) is 0 Å². The highest BCUT2D eigenvalue weighted by Crippen LogP contribution is 2.48. The summed E-state index contributed by atoms with van der Waals surface area (Å²) in [5.41, 5.74) is 10.6. The van der Waals surface area contributed by atoms with Crippen molar-refractivity contribution < 1.29 is 4.42 Å². The van der Waals surface area contributed by atoms with E-state index in [9.17, 15) is 0 Å². The molecule has 0 atom stereocenters. The SMILES string of the molecule is CC1(C)c2occc2-n2c3ccc(-c4ccc(N(c5ccccc5)c5ccccc5)cc4)cc3c3cccc1c32. The molecule has 8 rings (SSSR count). The Hall–Kier alpha value is -5.02. The molecule has 0 spiro atoms. The summed E-state index contributed by atoms with van der Waals surface area (Å²) in [6.45, 7) is 4.51. The fourth-order valence-electron chi connectivity index (χ4n) is 6.48. The van der Waals surface area contributed by atoms with Crippen molar-refractivity contribution in [3.05, 3.63) is 145 Å². The summed E-state index contributed by atoms with van der Waals surface area (Å²) in [5, 5.41) is 2.55. The van der Waals surface area contributed by atoms with E-state index in [1.165, 1.54) is 38.5 Å². The molecule has 0 saturated carbocycles. The third-order valence-electron chi connectivity index (χ3n) is 8.40. The number of furan rings is 1. The van der Waals surface area contributed by atoms with Crippen LogP contribution in [0.15, 0.2) is 138 Å². The van der Waals surface area contributed by atoms with Gasteiger partial charge in [-0.05, 0) is 79.1 Å². The molecule has 192 valence electrons. The number of hydrogen-bond donors (Lipinski definition) is 0. The molecule has 0 fully saturated rings. The van der Waals surface area contributed by atoms with Gasteiger partial charge in [0.15, 0.2) is 0 Å². The molecule has 0 radical (unpaired) electrons. The Balaban J connectivity index is 1.26. The number of rotatable bonds is 4. The van der Waals surface area contributed by atoms with Crippen LogP contribution in [0, 0.1) is 0 Å². The van der Waals surface area contributed by atoms with Crippen molar-refractivity contribution in [1.82, 2.24) is 4.57 Å². The van der Waals surface area contributed by atoms with Crippen molar-refractivity contribution in [2.24, 2.45) is 0 Å². The zero-order chi connectivity index (χ0) is 26.8. The standard InChI is InChI=1S/C37H28N2O/c1-37(2)32-15-9-14-30-31-24-26(18-21-33(31)39(35(30)32)34-22-23-40-36(34)37)25-16-19-29(20-17-25)38(27-10-5-3-6-11-27)28-12-7-4-8-13-28/h3-24H,1-2H3. The van der Waals surface area contributed by atoms with E-state index in [0.717, 1.165) is 28.5 Å². The molecule has 3 heterocycles. The van der Waals surface area contributed by atoms with Gasteiger partial charge in [-0.3, -0.25) is 0 Å². The van der Waals surface area contributed by atoms with Crippen LogP contribution in [0.1, 0.15) is 25.2 Å². The molecule has 0 amide bonds. The van der Waals surface area contributed by atoms with Crippen LogP contribution in [0.2, 0.25) is 0 Å². The molecule has 0 aliphatic carbocycles. The van der Waals surface area contributed by atoms with Crippen molar-refractivity contribution >= 4 is 38.9 Å². The van der Waals surface area contributed by atoms with E-state index in [1.807, 2.05) is 6.26 Å². The second-order valence-electron chi connectivity index (χ2n) is 11.1. The topological polar surface area (TPSA) is 21.3 Å². The van der Waals surface area contributed by atoms with Crippen LogP contribution in [0.5, 0.6) is 0 Å². The van der Waals surface area contributed by atoms with Crippen molar-refractivity contribution in [2.45, 2.75) is 19.3 Å².